The van der Waals surface area contributed by atoms with Crippen molar-refractivity contribution in [2.24, 2.45) is 0 Å². The van der Waals surface area contributed by atoms with Crippen LogP contribution in [-0.4, -0.2) is 35.4 Å². The number of benzene rings is 1. The second-order valence-corrected chi connectivity index (χ2v) is 4.22. The number of rotatable bonds is 5. The van der Waals surface area contributed by atoms with Crippen molar-refractivity contribution in [1.29, 1.82) is 0 Å². The number of carbonyl (C=O) groups excluding carboxylic acids is 1. The van der Waals surface area contributed by atoms with E-state index in [1.165, 1.54) is 17.0 Å². The van der Waals surface area contributed by atoms with Crippen LogP contribution in [0.3, 0.4) is 0 Å². The number of nitro groups is 1. The maximum absolute atomic E-state index is 11.9. The molecule has 0 radical (unpaired) electrons. The van der Waals surface area contributed by atoms with Crippen molar-refractivity contribution in [2.45, 2.75) is 19.9 Å². The zero-order chi connectivity index (χ0) is 14.6. The molecule has 7 heteroatoms. The van der Waals surface area contributed by atoms with Crippen LogP contribution in [0.1, 0.15) is 13.8 Å². The van der Waals surface area contributed by atoms with Gasteiger partial charge in [0.1, 0.15) is 17.4 Å². The van der Waals surface area contributed by atoms with Crippen molar-refractivity contribution >= 4 is 23.0 Å². The lowest BCUT2D eigenvalue weighted by molar-refractivity contribution is -0.383. The molecular formula is C12H18N4O3. The summed E-state index contributed by atoms with van der Waals surface area (Å²) in [6, 6.07) is 4.02. The average Bonchev–Trinajstić information content (AvgIpc) is 2.36. The van der Waals surface area contributed by atoms with Gasteiger partial charge in [0.2, 0.25) is 5.91 Å². The molecule has 0 saturated carbocycles. The molecule has 1 aromatic carbocycles. The van der Waals surface area contributed by atoms with E-state index in [0.29, 0.717) is 6.54 Å². The van der Waals surface area contributed by atoms with Gasteiger partial charge in [0.15, 0.2) is 0 Å². The number of hydrogen-bond donors (Lipinski definition) is 2. The largest absolute Gasteiger partial charge is 0.393 e. The monoisotopic (exact) mass is 266 g/mol. The summed E-state index contributed by atoms with van der Waals surface area (Å²) < 4.78 is 0. The fraction of sp³-hybridized carbons (Fsp3) is 0.417. The van der Waals surface area contributed by atoms with E-state index in [1.807, 2.05) is 6.92 Å². The van der Waals surface area contributed by atoms with Crippen LogP contribution in [0, 0.1) is 10.1 Å². The molecule has 1 rings (SSSR count). The highest BCUT2D eigenvalue weighted by molar-refractivity contribution is 5.86. The highest BCUT2D eigenvalue weighted by atomic mass is 16.6. The summed E-state index contributed by atoms with van der Waals surface area (Å²) in [7, 11) is 1.67. The number of nitrogen functional groups attached to an aromatic ring is 1. The number of para-hydroxylation sites is 1. The van der Waals surface area contributed by atoms with E-state index in [0.717, 1.165) is 0 Å². The van der Waals surface area contributed by atoms with Crippen LogP contribution in [0.4, 0.5) is 17.1 Å². The van der Waals surface area contributed by atoms with Gasteiger partial charge in [-0.25, -0.2) is 0 Å². The van der Waals surface area contributed by atoms with Crippen LogP contribution in [0.5, 0.6) is 0 Å². The first-order valence-electron chi connectivity index (χ1n) is 5.92. The standard InChI is InChI=1S/C12H18N4O3/c1-4-15(3)12(17)8(2)14-10-7-5-6-9(13)11(10)16(18)19/h5-8,14H,4,13H2,1-3H3. The first-order chi connectivity index (χ1) is 8.88. The molecule has 104 valence electrons. The summed E-state index contributed by atoms with van der Waals surface area (Å²) in [5.41, 5.74) is 5.69. The van der Waals surface area contributed by atoms with Gasteiger partial charge < -0.3 is 16.0 Å². The Morgan fingerprint density at radius 2 is 2.21 bits per heavy atom. The van der Waals surface area contributed by atoms with E-state index < -0.39 is 11.0 Å². The molecule has 0 bridgehead atoms. The molecule has 7 nitrogen and oxygen atoms in total. The van der Waals surface area contributed by atoms with E-state index in [1.54, 1.807) is 20.0 Å². The number of likely N-dealkylation sites (N-methyl/N-ethyl adjacent to an activating group) is 1. The molecule has 1 amide bonds. The van der Waals surface area contributed by atoms with Gasteiger partial charge in [-0.2, -0.15) is 0 Å². The van der Waals surface area contributed by atoms with Crippen molar-refractivity contribution in [3.63, 3.8) is 0 Å². The Labute approximate surface area is 111 Å². The zero-order valence-corrected chi connectivity index (χ0v) is 11.2. The highest BCUT2D eigenvalue weighted by Crippen LogP contribution is 2.30. The predicted octanol–water partition coefficient (Wildman–Crippen LogP) is 1.46. The lowest BCUT2D eigenvalue weighted by atomic mass is 10.2. The van der Waals surface area contributed by atoms with Gasteiger partial charge in [-0.15, -0.1) is 0 Å². The maximum Gasteiger partial charge on any atom is 0.314 e. The van der Waals surface area contributed by atoms with E-state index in [4.69, 9.17) is 5.73 Å². The molecule has 1 unspecified atom stereocenters. The minimum atomic E-state index is -0.564. The number of nitrogens with two attached hydrogens (primary N) is 1. The number of nitro benzene ring substituents is 1. The highest BCUT2D eigenvalue weighted by Gasteiger charge is 2.22. The summed E-state index contributed by atoms with van der Waals surface area (Å²) in [6.45, 7) is 4.08. The number of carbonyl (C=O) groups is 1. The third-order valence-electron chi connectivity index (χ3n) is 2.84. The fourth-order valence-corrected chi connectivity index (χ4v) is 1.66. The van der Waals surface area contributed by atoms with Gasteiger partial charge in [-0.3, -0.25) is 14.9 Å². The number of nitrogens with zero attached hydrogens (tertiary/aromatic N) is 2. The van der Waals surface area contributed by atoms with E-state index in [-0.39, 0.29) is 23.0 Å². The van der Waals surface area contributed by atoms with Gasteiger partial charge in [-0.05, 0) is 26.0 Å². The minimum Gasteiger partial charge on any atom is -0.393 e. The Hall–Kier alpha value is -2.31. The Bertz CT molecular complexity index is 490. The molecule has 3 N–H and O–H groups in total. The van der Waals surface area contributed by atoms with Crippen molar-refractivity contribution in [2.75, 3.05) is 24.6 Å². The van der Waals surface area contributed by atoms with Crippen LogP contribution in [-0.2, 0) is 4.79 Å². The Morgan fingerprint density at radius 3 is 2.74 bits per heavy atom. The second kappa shape index (κ2) is 6.03. The van der Waals surface area contributed by atoms with Crippen molar-refractivity contribution in [3.8, 4) is 0 Å². The van der Waals surface area contributed by atoms with E-state index in [9.17, 15) is 14.9 Å². The first-order valence-corrected chi connectivity index (χ1v) is 5.92. The Kier molecular flexibility index (Phi) is 4.68. The molecule has 0 aromatic heterocycles. The van der Waals surface area contributed by atoms with Crippen LogP contribution in [0.15, 0.2) is 18.2 Å². The third-order valence-corrected chi connectivity index (χ3v) is 2.84. The topological polar surface area (TPSA) is 102 Å². The van der Waals surface area contributed by atoms with Gasteiger partial charge in [0.05, 0.1) is 4.92 Å². The van der Waals surface area contributed by atoms with Crippen LogP contribution in [0.25, 0.3) is 0 Å². The second-order valence-electron chi connectivity index (χ2n) is 4.22. The summed E-state index contributed by atoms with van der Waals surface area (Å²) >= 11 is 0. The summed E-state index contributed by atoms with van der Waals surface area (Å²) in [5.74, 6) is -0.140. The number of nitrogens with one attached hydrogen (secondary N) is 1. The van der Waals surface area contributed by atoms with Crippen LogP contribution < -0.4 is 11.1 Å². The molecule has 0 fully saturated rings. The third kappa shape index (κ3) is 3.34. The lowest BCUT2D eigenvalue weighted by Crippen LogP contribution is -2.38. The Balaban J connectivity index is 2.97. The molecule has 0 heterocycles. The molecule has 0 aliphatic heterocycles. The first kappa shape index (κ1) is 14.7. The van der Waals surface area contributed by atoms with Gasteiger partial charge in [-0.1, -0.05) is 6.07 Å². The predicted molar refractivity (Wildman–Crippen MR) is 73.9 cm³/mol. The zero-order valence-electron chi connectivity index (χ0n) is 11.2. The SMILES string of the molecule is CCN(C)C(=O)C(C)Nc1cccc(N)c1[N+](=O)[O-]. The fourth-order valence-electron chi connectivity index (χ4n) is 1.66. The molecule has 1 aromatic rings. The summed E-state index contributed by atoms with van der Waals surface area (Å²) in [4.78, 5) is 23.9. The number of anilines is 2. The molecule has 0 aliphatic carbocycles. The molecule has 0 aliphatic rings. The molecule has 1 atom stereocenters. The van der Waals surface area contributed by atoms with Gasteiger partial charge in [0, 0.05) is 13.6 Å². The van der Waals surface area contributed by atoms with Gasteiger partial charge >= 0.3 is 5.69 Å². The van der Waals surface area contributed by atoms with Crippen LogP contribution >= 0.6 is 0 Å². The normalized spacial score (nSPS) is 11.7. The van der Waals surface area contributed by atoms with Crippen LogP contribution in [0.2, 0.25) is 0 Å². The molecule has 0 saturated heterocycles. The summed E-state index contributed by atoms with van der Waals surface area (Å²) in [5, 5.41) is 13.8. The Morgan fingerprint density at radius 1 is 1.58 bits per heavy atom. The van der Waals surface area contributed by atoms with E-state index >= 15 is 0 Å². The quantitative estimate of drug-likeness (QED) is 0.477. The van der Waals surface area contributed by atoms with Crippen molar-refractivity contribution < 1.29 is 9.72 Å². The summed E-state index contributed by atoms with van der Waals surface area (Å²) in [6.07, 6.45) is 0. The van der Waals surface area contributed by atoms with E-state index in [2.05, 4.69) is 5.32 Å². The smallest absolute Gasteiger partial charge is 0.314 e. The minimum absolute atomic E-state index is 0.0681. The van der Waals surface area contributed by atoms with Gasteiger partial charge in [0.25, 0.3) is 0 Å². The number of hydrogen-bond acceptors (Lipinski definition) is 5. The molecule has 0 spiro atoms. The lowest BCUT2D eigenvalue weighted by Gasteiger charge is -2.21. The van der Waals surface area contributed by atoms with Crippen molar-refractivity contribution in [1.82, 2.24) is 4.90 Å². The molecule has 19 heavy (non-hydrogen) atoms. The maximum atomic E-state index is 11.9. The van der Waals surface area contributed by atoms with Crippen molar-refractivity contribution in [3.05, 3.63) is 28.3 Å². The average molecular weight is 266 g/mol. The molecular weight excluding hydrogens is 248 g/mol. The number of amides is 1.